The van der Waals surface area contributed by atoms with Crippen molar-refractivity contribution in [1.82, 2.24) is 0 Å². The average Bonchev–Trinajstić information content (AvgIpc) is 2.78. The predicted molar refractivity (Wildman–Crippen MR) is 79.6 cm³/mol. The van der Waals surface area contributed by atoms with Crippen LogP contribution in [0.5, 0.6) is 0 Å². The number of benzene rings is 1. The highest BCUT2D eigenvalue weighted by Crippen LogP contribution is 2.40. The minimum atomic E-state index is -0.438. The summed E-state index contributed by atoms with van der Waals surface area (Å²) in [6.07, 6.45) is 0.748. The van der Waals surface area contributed by atoms with Crippen molar-refractivity contribution in [3.05, 3.63) is 39.3 Å². The van der Waals surface area contributed by atoms with Gasteiger partial charge in [0.15, 0.2) is 0 Å². The fourth-order valence-electron chi connectivity index (χ4n) is 2.10. The minimum Gasteiger partial charge on any atom is -0.465 e. The molecule has 0 bridgehead atoms. The lowest BCUT2D eigenvalue weighted by Gasteiger charge is -2.06. The summed E-state index contributed by atoms with van der Waals surface area (Å²) in [6.45, 7) is 3.69. The van der Waals surface area contributed by atoms with Crippen LogP contribution in [0.1, 0.15) is 27.0 Å². The average molecular weight is 293 g/mol. The van der Waals surface area contributed by atoms with E-state index in [1.807, 2.05) is 6.92 Å². The lowest BCUT2D eigenvalue weighted by Crippen LogP contribution is -2.02. The van der Waals surface area contributed by atoms with Gasteiger partial charge in [-0.1, -0.05) is 13.0 Å². The van der Waals surface area contributed by atoms with Gasteiger partial charge in [-0.2, -0.15) is 0 Å². The van der Waals surface area contributed by atoms with E-state index >= 15 is 0 Å². The fourth-order valence-corrected chi connectivity index (χ4v) is 3.20. The van der Waals surface area contributed by atoms with Gasteiger partial charge in [-0.15, -0.1) is 11.3 Å². The maximum absolute atomic E-state index is 13.4. The zero-order chi connectivity index (χ0) is 14.9. The van der Waals surface area contributed by atoms with Gasteiger partial charge in [0.05, 0.1) is 12.8 Å². The normalized spacial score (nSPS) is 10.6. The number of thiophene rings is 1. The topological polar surface area (TPSA) is 52.3 Å². The summed E-state index contributed by atoms with van der Waals surface area (Å²) in [5.41, 5.74) is 8.68. The first-order chi connectivity index (χ1) is 9.49. The van der Waals surface area contributed by atoms with Crippen LogP contribution in [0.3, 0.4) is 0 Å². The molecular weight excluding hydrogens is 277 g/mol. The van der Waals surface area contributed by atoms with E-state index in [2.05, 4.69) is 0 Å². The van der Waals surface area contributed by atoms with E-state index in [9.17, 15) is 9.18 Å². The number of nitrogen functional groups attached to an aromatic ring is 1. The predicted octanol–water partition coefficient (Wildman–Crippen LogP) is 3.79. The molecule has 0 fully saturated rings. The van der Waals surface area contributed by atoms with Crippen LogP contribution in [0.2, 0.25) is 0 Å². The van der Waals surface area contributed by atoms with Gasteiger partial charge in [0.1, 0.15) is 10.7 Å². The Kier molecular flexibility index (Phi) is 4.09. The second-order valence-corrected chi connectivity index (χ2v) is 5.56. The van der Waals surface area contributed by atoms with Crippen LogP contribution >= 0.6 is 11.3 Å². The van der Waals surface area contributed by atoms with E-state index in [-0.39, 0.29) is 5.82 Å². The van der Waals surface area contributed by atoms with Gasteiger partial charge in [0.2, 0.25) is 0 Å². The highest BCUT2D eigenvalue weighted by atomic mass is 32.1. The number of carbonyl (C=O) groups is 1. The molecule has 0 spiro atoms. The van der Waals surface area contributed by atoms with Gasteiger partial charge in [-0.25, -0.2) is 9.18 Å². The molecule has 0 saturated heterocycles. The lowest BCUT2D eigenvalue weighted by molar-refractivity contribution is 0.0607. The Labute approximate surface area is 121 Å². The number of nitrogens with two attached hydrogens (primary N) is 1. The summed E-state index contributed by atoms with van der Waals surface area (Å²) in [5, 5.41) is 0. The molecule has 1 aromatic carbocycles. The third-order valence-electron chi connectivity index (χ3n) is 3.16. The largest absolute Gasteiger partial charge is 0.465 e. The van der Waals surface area contributed by atoms with Crippen molar-refractivity contribution in [2.24, 2.45) is 0 Å². The highest BCUT2D eigenvalue weighted by Gasteiger charge is 2.21. The quantitative estimate of drug-likeness (QED) is 0.876. The van der Waals surface area contributed by atoms with E-state index in [1.165, 1.54) is 24.5 Å². The Morgan fingerprint density at radius 3 is 2.70 bits per heavy atom. The summed E-state index contributed by atoms with van der Waals surface area (Å²) in [7, 11) is 1.33. The number of aryl methyl sites for hydroxylation is 2. The molecule has 0 saturated carbocycles. The molecule has 5 heteroatoms. The van der Waals surface area contributed by atoms with Crippen LogP contribution in [-0.2, 0) is 11.2 Å². The van der Waals surface area contributed by atoms with Crippen molar-refractivity contribution in [3.63, 3.8) is 0 Å². The summed E-state index contributed by atoms with van der Waals surface area (Å²) in [6, 6.07) is 4.84. The second kappa shape index (κ2) is 5.63. The van der Waals surface area contributed by atoms with Crippen LogP contribution in [0.4, 0.5) is 10.1 Å². The van der Waals surface area contributed by atoms with E-state index in [0.29, 0.717) is 16.1 Å². The Morgan fingerprint density at radius 2 is 2.15 bits per heavy atom. The Morgan fingerprint density at radius 1 is 1.45 bits per heavy atom. The Hall–Kier alpha value is -1.88. The molecule has 2 aromatic rings. The molecule has 1 aromatic heterocycles. The lowest BCUT2D eigenvalue weighted by atomic mass is 10.0. The molecule has 0 aliphatic carbocycles. The molecule has 1 heterocycles. The zero-order valence-electron chi connectivity index (χ0n) is 11.6. The monoisotopic (exact) mass is 293 g/mol. The first-order valence-corrected chi connectivity index (χ1v) is 7.07. The van der Waals surface area contributed by atoms with Crippen molar-refractivity contribution in [3.8, 4) is 11.1 Å². The molecule has 2 N–H and O–H groups in total. The Bertz CT molecular complexity index is 664. The molecule has 0 aliphatic rings. The Balaban J connectivity index is 2.63. The van der Waals surface area contributed by atoms with Crippen LogP contribution in [0.25, 0.3) is 11.1 Å². The molecule has 2 rings (SSSR count). The molecule has 3 nitrogen and oxygen atoms in total. The maximum Gasteiger partial charge on any atom is 0.350 e. The van der Waals surface area contributed by atoms with E-state index in [0.717, 1.165) is 22.4 Å². The summed E-state index contributed by atoms with van der Waals surface area (Å²) < 4.78 is 18.1. The van der Waals surface area contributed by atoms with Gasteiger partial charge in [-0.05, 0) is 36.6 Å². The zero-order valence-corrected chi connectivity index (χ0v) is 12.4. The first kappa shape index (κ1) is 14.5. The first-order valence-electron chi connectivity index (χ1n) is 6.25. The maximum atomic E-state index is 13.4. The third kappa shape index (κ3) is 2.41. The van der Waals surface area contributed by atoms with Crippen molar-refractivity contribution in [2.75, 3.05) is 12.8 Å². The smallest absolute Gasteiger partial charge is 0.350 e. The SMILES string of the molecule is CCc1sc(C(=O)OC)c(N)c1-c1ccc(F)c(C)c1. The van der Waals surface area contributed by atoms with Gasteiger partial charge in [0.25, 0.3) is 0 Å². The summed E-state index contributed by atoms with van der Waals surface area (Å²) >= 11 is 1.33. The van der Waals surface area contributed by atoms with Gasteiger partial charge in [0, 0.05) is 10.4 Å². The van der Waals surface area contributed by atoms with Crippen LogP contribution < -0.4 is 5.73 Å². The summed E-state index contributed by atoms with van der Waals surface area (Å²) in [5.74, 6) is -0.693. The number of hydrogen-bond acceptors (Lipinski definition) is 4. The molecule has 0 radical (unpaired) electrons. The van der Waals surface area contributed by atoms with Crippen molar-refractivity contribution in [2.45, 2.75) is 20.3 Å². The standard InChI is InChI=1S/C15H16FNO2S/c1-4-11-12(9-5-6-10(16)8(2)7-9)13(17)14(20-11)15(18)19-3/h5-7H,4,17H2,1-3H3. The molecule has 106 valence electrons. The minimum absolute atomic E-state index is 0.256. The van der Waals surface area contributed by atoms with Crippen molar-refractivity contribution in [1.29, 1.82) is 0 Å². The molecule has 0 unspecified atom stereocenters. The van der Waals surface area contributed by atoms with Crippen molar-refractivity contribution >= 4 is 23.0 Å². The molecule has 0 amide bonds. The summed E-state index contributed by atoms with van der Waals surface area (Å²) in [4.78, 5) is 13.1. The number of ether oxygens (including phenoxy) is 1. The van der Waals surface area contributed by atoms with E-state index in [4.69, 9.17) is 10.5 Å². The molecule has 20 heavy (non-hydrogen) atoms. The number of esters is 1. The number of halogens is 1. The van der Waals surface area contributed by atoms with Crippen molar-refractivity contribution < 1.29 is 13.9 Å². The number of hydrogen-bond donors (Lipinski definition) is 1. The second-order valence-electron chi connectivity index (χ2n) is 4.45. The number of carbonyl (C=O) groups excluding carboxylic acids is 1. The molecular formula is C15H16FNO2S. The molecule has 0 aliphatic heterocycles. The van der Waals surface area contributed by atoms with Gasteiger partial charge >= 0.3 is 5.97 Å². The van der Waals surface area contributed by atoms with E-state index < -0.39 is 5.97 Å². The number of anilines is 1. The van der Waals surface area contributed by atoms with Gasteiger partial charge < -0.3 is 10.5 Å². The third-order valence-corrected chi connectivity index (χ3v) is 4.49. The highest BCUT2D eigenvalue weighted by molar-refractivity contribution is 7.15. The fraction of sp³-hybridized carbons (Fsp3) is 0.267. The van der Waals surface area contributed by atoms with Crippen LogP contribution in [0.15, 0.2) is 18.2 Å². The molecule has 0 atom stereocenters. The number of rotatable bonds is 3. The van der Waals surface area contributed by atoms with Gasteiger partial charge in [-0.3, -0.25) is 0 Å². The van der Waals surface area contributed by atoms with Crippen LogP contribution in [-0.4, -0.2) is 13.1 Å². The number of methoxy groups -OCH3 is 1. The van der Waals surface area contributed by atoms with E-state index in [1.54, 1.807) is 19.1 Å². The van der Waals surface area contributed by atoms with Crippen LogP contribution in [0, 0.1) is 12.7 Å².